The molecule has 2 aromatic carbocycles. The monoisotopic (exact) mass is 419 g/mol. The molecule has 4 rings (SSSR count). The molecule has 0 unspecified atom stereocenters. The molecule has 0 spiro atoms. The number of piperidine rings is 1. The van der Waals surface area contributed by atoms with Gasteiger partial charge in [-0.1, -0.05) is 41.5 Å². The summed E-state index contributed by atoms with van der Waals surface area (Å²) < 4.78 is 13.0. The summed E-state index contributed by atoms with van der Waals surface area (Å²) in [6.45, 7) is 8.58. The van der Waals surface area contributed by atoms with Gasteiger partial charge >= 0.3 is 0 Å². The van der Waals surface area contributed by atoms with Crippen molar-refractivity contribution in [1.82, 2.24) is 14.7 Å². The van der Waals surface area contributed by atoms with Gasteiger partial charge in [0.15, 0.2) is 0 Å². The van der Waals surface area contributed by atoms with Crippen LogP contribution in [0.3, 0.4) is 0 Å². The Morgan fingerprint density at radius 1 is 0.968 bits per heavy atom. The lowest BCUT2D eigenvalue weighted by molar-refractivity contribution is -0.0157. The molecule has 0 radical (unpaired) electrons. The second-order valence-electron chi connectivity index (χ2n) is 8.49. The molecule has 5 heteroatoms. The minimum atomic E-state index is 0.345. The topological polar surface area (TPSA) is 39.5 Å². The van der Waals surface area contributed by atoms with Crippen molar-refractivity contribution in [3.8, 4) is 16.9 Å². The molecule has 0 N–H and O–H groups in total. The van der Waals surface area contributed by atoms with Gasteiger partial charge in [-0.15, -0.1) is 0 Å². The van der Waals surface area contributed by atoms with E-state index in [1.807, 2.05) is 4.68 Å². The predicted octanol–water partition coefficient (Wildman–Crippen LogP) is 4.78. The number of aryl methyl sites for hydroxylation is 2. The van der Waals surface area contributed by atoms with Crippen molar-refractivity contribution in [3.05, 3.63) is 71.4 Å². The maximum Gasteiger partial charge on any atom is 0.0972 e. The number of likely N-dealkylation sites (tertiary alicyclic amines) is 1. The highest BCUT2D eigenvalue weighted by Gasteiger charge is 2.22. The number of ether oxygens (including phenoxy) is 2. The van der Waals surface area contributed by atoms with Crippen LogP contribution in [0.4, 0.5) is 0 Å². The number of nitrogens with zero attached hydrogens (tertiary/aromatic N) is 3. The second kappa shape index (κ2) is 10.2. The van der Waals surface area contributed by atoms with Crippen molar-refractivity contribution in [3.63, 3.8) is 0 Å². The number of benzene rings is 2. The van der Waals surface area contributed by atoms with Crippen LogP contribution in [0, 0.1) is 13.8 Å². The first-order valence-electron chi connectivity index (χ1n) is 11.2. The fourth-order valence-electron chi connectivity index (χ4n) is 4.16. The molecule has 31 heavy (non-hydrogen) atoms. The molecule has 1 saturated heterocycles. The summed E-state index contributed by atoms with van der Waals surface area (Å²) >= 11 is 0. The minimum Gasteiger partial charge on any atom is -0.382 e. The summed E-state index contributed by atoms with van der Waals surface area (Å²) in [5.41, 5.74) is 7.12. The second-order valence-corrected chi connectivity index (χ2v) is 8.49. The Morgan fingerprint density at radius 2 is 1.74 bits per heavy atom. The minimum absolute atomic E-state index is 0.345. The number of aromatic nitrogens is 2. The lowest BCUT2D eigenvalue weighted by atomic mass is 10.0. The summed E-state index contributed by atoms with van der Waals surface area (Å²) in [5, 5.41) is 5.00. The lowest BCUT2D eigenvalue weighted by Gasteiger charge is -2.31. The zero-order valence-corrected chi connectivity index (χ0v) is 18.9. The van der Waals surface area contributed by atoms with Crippen LogP contribution in [-0.2, 0) is 16.0 Å². The van der Waals surface area contributed by atoms with Crippen LogP contribution in [0.1, 0.15) is 29.5 Å². The molecule has 1 aliphatic heterocycles. The first kappa shape index (κ1) is 21.8. The Hall–Kier alpha value is -2.47. The molecule has 0 atom stereocenters. The first-order valence-corrected chi connectivity index (χ1v) is 11.2. The van der Waals surface area contributed by atoms with Crippen molar-refractivity contribution in [1.29, 1.82) is 0 Å². The first-order chi connectivity index (χ1) is 15.1. The highest BCUT2D eigenvalue weighted by atomic mass is 16.5. The average molecular weight is 420 g/mol. The van der Waals surface area contributed by atoms with Crippen LogP contribution in [0.15, 0.2) is 54.7 Å². The van der Waals surface area contributed by atoms with E-state index in [4.69, 9.17) is 14.6 Å². The van der Waals surface area contributed by atoms with Crippen molar-refractivity contribution < 1.29 is 9.47 Å². The van der Waals surface area contributed by atoms with Crippen LogP contribution in [0.2, 0.25) is 0 Å². The lowest BCUT2D eigenvalue weighted by Crippen LogP contribution is -2.37. The van der Waals surface area contributed by atoms with Crippen LogP contribution in [0.5, 0.6) is 0 Å². The summed E-state index contributed by atoms with van der Waals surface area (Å²) in [6.07, 6.45) is 4.67. The highest BCUT2D eigenvalue weighted by molar-refractivity contribution is 5.64. The molecular weight excluding hydrogens is 386 g/mol. The van der Waals surface area contributed by atoms with Gasteiger partial charge in [0, 0.05) is 44.1 Å². The van der Waals surface area contributed by atoms with E-state index < -0.39 is 0 Å². The quantitative estimate of drug-likeness (QED) is 0.493. The van der Waals surface area contributed by atoms with Gasteiger partial charge in [-0.2, -0.15) is 5.10 Å². The number of methoxy groups -OCH3 is 1. The van der Waals surface area contributed by atoms with Gasteiger partial charge < -0.3 is 9.47 Å². The van der Waals surface area contributed by atoms with Crippen LogP contribution in [-0.4, -0.2) is 54.2 Å². The normalized spacial score (nSPS) is 15.5. The van der Waals surface area contributed by atoms with E-state index in [1.165, 1.54) is 22.3 Å². The van der Waals surface area contributed by atoms with E-state index in [0.717, 1.165) is 43.9 Å². The van der Waals surface area contributed by atoms with E-state index in [2.05, 4.69) is 73.5 Å². The van der Waals surface area contributed by atoms with Crippen LogP contribution >= 0.6 is 0 Å². The van der Waals surface area contributed by atoms with Gasteiger partial charge in [-0.25, -0.2) is 4.68 Å². The summed E-state index contributed by atoms with van der Waals surface area (Å²) in [6, 6.07) is 17.2. The maximum atomic E-state index is 5.93. The third-order valence-corrected chi connectivity index (χ3v) is 5.95. The molecule has 5 nitrogen and oxygen atoms in total. The Labute approximate surface area is 185 Å². The third kappa shape index (κ3) is 5.62. The maximum absolute atomic E-state index is 5.93. The Morgan fingerprint density at radius 3 is 2.45 bits per heavy atom. The molecular formula is C26H33N3O2. The molecule has 0 aliphatic carbocycles. The summed E-state index contributed by atoms with van der Waals surface area (Å²) in [5.74, 6) is 0. The van der Waals surface area contributed by atoms with Crippen molar-refractivity contribution >= 4 is 0 Å². The predicted molar refractivity (Wildman–Crippen MR) is 125 cm³/mol. The SMILES string of the molecule is COCCOC1CCN(Cc2cn(-c3ccc(C)cc3)nc2-c2cccc(C)c2)CC1. The van der Waals surface area contributed by atoms with E-state index in [0.29, 0.717) is 19.3 Å². The highest BCUT2D eigenvalue weighted by Crippen LogP contribution is 2.27. The van der Waals surface area contributed by atoms with Gasteiger partial charge in [0.25, 0.3) is 0 Å². The van der Waals surface area contributed by atoms with Crippen LogP contribution < -0.4 is 0 Å². The fraction of sp³-hybridized carbons (Fsp3) is 0.423. The summed E-state index contributed by atoms with van der Waals surface area (Å²) in [4.78, 5) is 2.52. The largest absolute Gasteiger partial charge is 0.382 e. The van der Waals surface area contributed by atoms with E-state index >= 15 is 0 Å². The van der Waals surface area contributed by atoms with Crippen molar-refractivity contribution in [2.45, 2.75) is 39.3 Å². The van der Waals surface area contributed by atoms with Gasteiger partial charge in [0.2, 0.25) is 0 Å². The summed E-state index contributed by atoms with van der Waals surface area (Å²) in [7, 11) is 1.72. The Bertz CT molecular complexity index is 973. The van der Waals surface area contributed by atoms with Crippen molar-refractivity contribution in [2.75, 3.05) is 33.4 Å². The zero-order valence-electron chi connectivity index (χ0n) is 18.9. The number of hydrogen-bond acceptors (Lipinski definition) is 4. The smallest absolute Gasteiger partial charge is 0.0972 e. The molecule has 2 heterocycles. The van der Waals surface area contributed by atoms with Gasteiger partial charge in [-0.3, -0.25) is 4.90 Å². The molecule has 1 aromatic heterocycles. The molecule has 3 aromatic rings. The molecule has 1 aliphatic rings. The number of rotatable bonds is 8. The number of hydrogen-bond donors (Lipinski definition) is 0. The average Bonchev–Trinajstić information content (AvgIpc) is 3.19. The third-order valence-electron chi connectivity index (χ3n) is 5.95. The molecule has 0 saturated carbocycles. The standard InChI is InChI=1S/C26H33N3O2/c1-20-7-9-24(10-8-20)29-19-23(26(27-29)22-6-4-5-21(2)17-22)18-28-13-11-25(12-14-28)31-16-15-30-3/h4-10,17,19,25H,11-16,18H2,1-3H3. The zero-order chi connectivity index (χ0) is 21.6. The Balaban J connectivity index is 1.53. The van der Waals surface area contributed by atoms with Gasteiger partial charge in [0.1, 0.15) is 0 Å². The van der Waals surface area contributed by atoms with Crippen LogP contribution in [0.25, 0.3) is 16.9 Å². The molecule has 0 bridgehead atoms. The fourth-order valence-corrected chi connectivity index (χ4v) is 4.16. The molecule has 1 fully saturated rings. The van der Waals surface area contributed by atoms with Crippen molar-refractivity contribution in [2.24, 2.45) is 0 Å². The Kier molecular flexibility index (Phi) is 7.17. The van der Waals surface area contributed by atoms with E-state index in [9.17, 15) is 0 Å². The molecule has 0 amide bonds. The van der Waals surface area contributed by atoms with Gasteiger partial charge in [0.05, 0.1) is 30.7 Å². The van der Waals surface area contributed by atoms with E-state index in [-0.39, 0.29) is 0 Å². The molecule has 164 valence electrons. The van der Waals surface area contributed by atoms with Gasteiger partial charge in [-0.05, 0) is 44.9 Å². The van der Waals surface area contributed by atoms with E-state index in [1.54, 1.807) is 7.11 Å².